The first-order valence-electron chi connectivity index (χ1n) is 6.52. The molecule has 18 heavy (non-hydrogen) atoms. The maximum Gasteiger partial charge on any atom is 0.108 e. The van der Waals surface area contributed by atoms with Gasteiger partial charge in [0.05, 0.1) is 12.1 Å². The van der Waals surface area contributed by atoms with Crippen LogP contribution in [0.5, 0.6) is 0 Å². The summed E-state index contributed by atoms with van der Waals surface area (Å²) < 4.78 is 2.09. The van der Waals surface area contributed by atoms with Crippen LogP contribution in [-0.4, -0.2) is 14.7 Å². The van der Waals surface area contributed by atoms with Crippen LogP contribution >= 0.6 is 0 Å². The first kappa shape index (κ1) is 12.8. The normalized spacial score (nSPS) is 14.4. The lowest BCUT2D eigenvalue weighted by Crippen LogP contribution is -2.18. The number of hydrogen-bond acceptors (Lipinski definition) is 2. The highest BCUT2D eigenvalue weighted by Gasteiger charge is 2.22. The first-order chi connectivity index (χ1) is 8.77. The average Bonchev–Trinajstić information content (AvgIpc) is 2.89. The molecule has 2 aromatic rings. The Labute approximate surface area is 108 Å². The van der Waals surface area contributed by atoms with Gasteiger partial charge in [0.15, 0.2) is 0 Å². The van der Waals surface area contributed by atoms with Gasteiger partial charge in [-0.2, -0.15) is 0 Å². The Balaban J connectivity index is 2.29. The Morgan fingerprint density at radius 2 is 1.94 bits per heavy atom. The summed E-state index contributed by atoms with van der Waals surface area (Å²) in [4.78, 5) is 4.33. The number of rotatable bonds is 5. The summed E-state index contributed by atoms with van der Waals surface area (Å²) in [5.41, 5.74) is 0.958. The van der Waals surface area contributed by atoms with Gasteiger partial charge in [-0.1, -0.05) is 44.2 Å². The van der Waals surface area contributed by atoms with Crippen LogP contribution in [-0.2, 0) is 6.42 Å². The van der Waals surface area contributed by atoms with Crippen molar-refractivity contribution in [1.29, 1.82) is 0 Å². The van der Waals surface area contributed by atoms with E-state index in [-0.39, 0.29) is 6.04 Å². The maximum atomic E-state index is 10.5. The van der Waals surface area contributed by atoms with Gasteiger partial charge in [-0.15, -0.1) is 0 Å². The lowest BCUT2D eigenvalue weighted by molar-refractivity contribution is 0.109. The predicted molar refractivity (Wildman–Crippen MR) is 72.3 cm³/mol. The van der Waals surface area contributed by atoms with E-state index in [2.05, 4.69) is 23.4 Å². The highest BCUT2D eigenvalue weighted by atomic mass is 16.3. The van der Waals surface area contributed by atoms with Crippen molar-refractivity contribution in [2.45, 2.75) is 38.8 Å². The molecule has 3 nitrogen and oxygen atoms in total. The van der Waals surface area contributed by atoms with Crippen LogP contribution in [0, 0.1) is 0 Å². The van der Waals surface area contributed by atoms with Crippen LogP contribution in [0.1, 0.15) is 43.8 Å². The molecule has 0 saturated heterocycles. The Bertz CT molecular complexity index is 478. The van der Waals surface area contributed by atoms with Crippen molar-refractivity contribution in [2.75, 3.05) is 0 Å². The molecule has 0 fully saturated rings. The first-order valence-corrected chi connectivity index (χ1v) is 6.52. The second-order valence-corrected chi connectivity index (χ2v) is 4.44. The zero-order valence-corrected chi connectivity index (χ0v) is 11.0. The summed E-state index contributed by atoms with van der Waals surface area (Å²) in [6, 6.07) is 9.86. The molecule has 0 bridgehead atoms. The molecule has 2 unspecified atom stereocenters. The van der Waals surface area contributed by atoms with Gasteiger partial charge in [-0.3, -0.25) is 0 Å². The fourth-order valence-corrected chi connectivity index (χ4v) is 2.36. The summed E-state index contributed by atoms with van der Waals surface area (Å²) in [7, 11) is 0. The number of hydrogen-bond donors (Lipinski definition) is 1. The molecule has 0 aliphatic heterocycles. The highest BCUT2D eigenvalue weighted by Crippen LogP contribution is 2.29. The molecule has 0 spiro atoms. The molecule has 0 radical (unpaired) electrons. The van der Waals surface area contributed by atoms with Crippen LogP contribution < -0.4 is 0 Å². The second-order valence-electron chi connectivity index (χ2n) is 4.44. The minimum Gasteiger partial charge on any atom is -0.386 e. The zero-order chi connectivity index (χ0) is 13.0. The van der Waals surface area contributed by atoms with Crippen LogP contribution in [0.2, 0.25) is 0 Å². The third kappa shape index (κ3) is 2.46. The van der Waals surface area contributed by atoms with Crippen molar-refractivity contribution in [3.8, 4) is 0 Å². The number of aliphatic hydroxyl groups is 1. The van der Waals surface area contributed by atoms with Crippen molar-refractivity contribution in [2.24, 2.45) is 0 Å². The summed E-state index contributed by atoms with van der Waals surface area (Å²) in [5.74, 6) is 1.02. The van der Waals surface area contributed by atoms with E-state index < -0.39 is 6.10 Å². The lowest BCUT2D eigenvalue weighted by atomic mass is 10.00. The van der Waals surface area contributed by atoms with Crippen LogP contribution in [0.4, 0.5) is 0 Å². The number of aromatic nitrogens is 2. The van der Waals surface area contributed by atoms with E-state index >= 15 is 0 Å². The molecule has 0 aliphatic carbocycles. The third-order valence-electron chi connectivity index (χ3n) is 3.35. The minimum absolute atomic E-state index is 0.0462. The minimum atomic E-state index is -0.490. The molecular formula is C15H20N2O. The highest BCUT2D eigenvalue weighted by molar-refractivity contribution is 5.19. The Kier molecular flexibility index (Phi) is 4.15. The summed E-state index contributed by atoms with van der Waals surface area (Å²) in [5, 5.41) is 10.5. The summed E-state index contributed by atoms with van der Waals surface area (Å²) in [6.07, 6.45) is 5.03. The maximum absolute atomic E-state index is 10.5. The number of imidazole rings is 1. The molecule has 0 aliphatic rings. The van der Waals surface area contributed by atoms with Gasteiger partial charge in [-0.05, 0) is 12.0 Å². The Morgan fingerprint density at radius 3 is 2.56 bits per heavy atom. The SMILES string of the molecule is CCc1nccn1C(CC)C(O)c1ccccc1. The van der Waals surface area contributed by atoms with Gasteiger partial charge in [0.2, 0.25) is 0 Å². The summed E-state index contributed by atoms with van der Waals surface area (Å²) in [6.45, 7) is 4.18. The van der Waals surface area contributed by atoms with E-state index in [4.69, 9.17) is 0 Å². The van der Waals surface area contributed by atoms with E-state index in [1.54, 1.807) is 6.20 Å². The average molecular weight is 244 g/mol. The number of aliphatic hydroxyl groups excluding tert-OH is 1. The standard InChI is InChI=1S/C15H20N2O/c1-3-13(17-11-10-16-14(17)4-2)15(18)12-8-6-5-7-9-12/h5-11,13,15,18H,3-4H2,1-2H3. The van der Waals surface area contributed by atoms with Gasteiger partial charge >= 0.3 is 0 Å². The summed E-state index contributed by atoms with van der Waals surface area (Å²) >= 11 is 0. The number of aryl methyl sites for hydroxylation is 1. The molecule has 2 rings (SSSR count). The fraction of sp³-hybridized carbons (Fsp3) is 0.400. The topological polar surface area (TPSA) is 38.0 Å². The van der Waals surface area contributed by atoms with Gasteiger partial charge in [0.25, 0.3) is 0 Å². The van der Waals surface area contributed by atoms with Crippen molar-refractivity contribution >= 4 is 0 Å². The van der Waals surface area contributed by atoms with Crippen molar-refractivity contribution in [3.63, 3.8) is 0 Å². The predicted octanol–water partition coefficient (Wildman–Crippen LogP) is 3.13. The number of benzene rings is 1. The van der Waals surface area contributed by atoms with E-state index in [0.29, 0.717) is 0 Å². The van der Waals surface area contributed by atoms with Crippen LogP contribution in [0.3, 0.4) is 0 Å². The van der Waals surface area contributed by atoms with Crippen molar-refractivity contribution in [3.05, 3.63) is 54.1 Å². The van der Waals surface area contributed by atoms with Crippen LogP contribution in [0.15, 0.2) is 42.7 Å². The smallest absolute Gasteiger partial charge is 0.108 e. The van der Waals surface area contributed by atoms with Crippen molar-refractivity contribution < 1.29 is 5.11 Å². The fourth-order valence-electron chi connectivity index (χ4n) is 2.36. The number of nitrogens with zero attached hydrogens (tertiary/aromatic N) is 2. The monoisotopic (exact) mass is 244 g/mol. The van der Waals surface area contributed by atoms with Gasteiger partial charge in [-0.25, -0.2) is 4.98 Å². The molecule has 0 saturated carbocycles. The molecule has 2 atom stereocenters. The van der Waals surface area contributed by atoms with Crippen molar-refractivity contribution in [1.82, 2.24) is 9.55 Å². The van der Waals surface area contributed by atoms with Gasteiger partial charge in [0.1, 0.15) is 5.82 Å². The molecule has 1 heterocycles. The molecular weight excluding hydrogens is 224 g/mol. The molecule has 1 aromatic carbocycles. The molecule has 1 N–H and O–H groups in total. The molecule has 3 heteroatoms. The molecule has 1 aromatic heterocycles. The van der Waals surface area contributed by atoms with Crippen LogP contribution in [0.25, 0.3) is 0 Å². The van der Waals surface area contributed by atoms with E-state index in [1.165, 1.54) is 0 Å². The van der Waals surface area contributed by atoms with Gasteiger partial charge in [0, 0.05) is 18.8 Å². The Hall–Kier alpha value is -1.61. The third-order valence-corrected chi connectivity index (χ3v) is 3.35. The quantitative estimate of drug-likeness (QED) is 0.877. The lowest BCUT2D eigenvalue weighted by Gasteiger charge is -2.25. The van der Waals surface area contributed by atoms with E-state index in [0.717, 1.165) is 24.2 Å². The Morgan fingerprint density at radius 1 is 1.22 bits per heavy atom. The largest absolute Gasteiger partial charge is 0.386 e. The molecule has 0 amide bonds. The molecule has 96 valence electrons. The van der Waals surface area contributed by atoms with Gasteiger partial charge < -0.3 is 9.67 Å². The van der Waals surface area contributed by atoms with E-state index in [1.807, 2.05) is 36.5 Å². The zero-order valence-electron chi connectivity index (χ0n) is 11.0. The van der Waals surface area contributed by atoms with E-state index in [9.17, 15) is 5.11 Å². The second kappa shape index (κ2) is 5.83.